The lowest BCUT2D eigenvalue weighted by Gasteiger charge is -2.32. The van der Waals surface area contributed by atoms with Gasteiger partial charge in [-0.3, -0.25) is 4.21 Å². The van der Waals surface area contributed by atoms with Crippen molar-refractivity contribution in [1.29, 1.82) is 0 Å². The van der Waals surface area contributed by atoms with Crippen molar-refractivity contribution in [3.05, 3.63) is 11.6 Å². The second-order valence-corrected chi connectivity index (χ2v) is 8.56. The average molecular weight is 316 g/mol. The Kier molecular flexibility index (Phi) is 4.80. The van der Waals surface area contributed by atoms with Crippen molar-refractivity contribution in [2.75, 3.05) is 13.1 Å². The summed E-state index contributed by atoms with van der Waals surface area (Å²) in [6.45, 7) is 6.76. The van der Waals surface area contributed by atoms with Gasteiger partial charge in [-0.2, -0.15) is 0 Å². The lowest BCUT2D eigenvalue weighted by Crippen LogP contribution is -2.43. The molecule has 0 aliphatic carbocycles. The zero-order valence-corrected chi connectivity index (χ0v) is 13.6. The molecule has 0 bridgehead atoms. The van der Waals surface area contributed by atoms with E-state index in [4.69, 9.17) is 4.74 Å². The molecule has 20 heavy (non-hydrogen) atoms. The SMILES string of the molecule is CC(C)(C)OC(=O)N1CCC(S(=O)c2nccs2)CC1. The standard InChI is InChI=1S/C13H20N2O3S2/c1-13(2,3)18-12(16)15-7-4-10(5-8-15)20(17)11-14-6-9-19-11/h6,9-10H,4-5,7-8H2,1-3H3. The van der Waals surface area contributed by atoms with Crippen molar-refractivity contribution in [2.45, 2.75) is 48.8 Å². The average Bonchev–Trinajstić information content (AvgIpc) is 2.90. The van der Waals surface area contributed by atoms with E-state index in [1.807, 2.05) is 26.2 Å². The highest BCUT2D eigenvalue weighted by molar-refractivity contribution is 7.87. The number of nitrogens with zero attached hydrogens (tertiary/aromatic N) is 2. The largest absolute Gasteiger partial charge is 0.444 e. The molecule has 2 heterocycles. The minimum Gasteiger partial charge on any atom is -0.444 e. The van der Waals surface area contributed by atoms with Crippen molar-refractivity contribution in [1.82, 2.24) is 9.88 Å². The van der Waals surface area contributed by atoms with Gasteiger partial charge in [0.25, 0.3) is 0 Å². The highest BCUT2D eigenvalue weighted by atomic mass is 32.2. The molecule has 1 aliphatic heterocycles. The van der Waals surface area contributed by atoms with E-state index in [9.17, 15) is 9.00 Å². The lowest BCUT2D eigenvalue weighted by molar-refractivity contribution is 0.0218. The number of ether oxygens (including phenoxy) is 1. The van der Waals surface area contributed by atoms with Crippen LogP contribution in [0.4, 0.5) is 4.79 Å². The molecule has 0 spiro atoms. The monoisotopic (exact) mass is 316 g/mol. The smallest absolute Gasteiger partial charge is 0.410 e. The van der Waals surface area contributed by atoms with Gasteiger partial charge in [-0.15, -0.1) is 11.3 Å². The van der Waals surface area contributed by atoms with Gasteiger partial charge in [-0.05, 0) is 33.6 Å². The minimum atomic E-state index is -1.06. The van der Waals surface area contributed by atoms with Gasteiger partial charge < -0.3 is 9.64 Å². The summed E-state index contributed by atoms with van der Waals surface area (Å²) in [6, 6.07) is 0. The fourth-order valence-corrected chi connectivity index (χ4v) is 4.43. The fourth-order valence-electron chi connectivity index (χ4n) is 2.03. The molecular formula is C13H20N2O3S2. The number of hydrogen-bond donors (Lipinski definition) is 0. The summed E-state index contributed by atoms with van der Waals surface area (Å²) < 4.78 is 18.3. The molecule has 7 heteroatoms. The van der Waals surface area contributed by atoms with E-state index in [0.717, 1.165) is 12.8 Å². The Bertz CT molecular complexity index is 474. The van der Waals surface area contributed by atoms with Gasteiger partial charge in [0.1, 0.15) is 5.60 Å². The number of hydrogen-bond acceptors (Lipinski definition) is 5. The van der Waals surface area contributed by atoms with Crippen LogP contribution in [0.3, 0.4) is 0 Å². The van der Waals surface area contributed by atoms with Crippen LogP contribution in [-0.2, 0) is 15.5 Å². The van der Waals surface area contributed by atoms with Crippen molar-refractivity contribution < 1.29 is 13.7 Å². The van der Waals surface area contributed by atoms with Crippen molar-refractivity contribution >= 4 is 28.2 Å². The molecule has 0 saturated carbocycles. The van der Waals surface area contributed by atoms with Gasteiger partial charge >= 0.3 is 6.09 Å². The Morgan fingerprint density at radius 1 is 1.45 bits per heavy atom. The molecule has 0 aromatic carbocycles. The number of carbonyl (C=O) groups is 1. The maximum Gasteiger partial charge on any atom is 0.410 e. The summed E-state index contributed by atoms with van der Waals surface area (Å²) in [4.78, 5) is 17.7. The fraction of sp³-hybridized carbons (Fsp3) is 0.692. The first-order valence-electron chi connectivity index (χ1n) is 6.65. The second kappa shape index (κ2) is 6.22. The first kappa shape index (κ1) is 15.4. The molecule has 1 aliphatic rings. The summed E-state index contributed by atoms with van der Waals surface area (Å²) in [5, 5.41) is 1.92. The zero-order chi connectivity index (χ0) is 14.8. The van der Waals surface area contributed by atoms with E-state index in [2.05, 4.69) is 4.98 Å². The molecule has 1 amide bonds. The molecule has 1 aromatic heterocycles. The summed E-state index contributed by atoms with van der Waals surface area (Å²) in [5.41, 5.74) is -0.475. The molecule has 0 radical (unpaired) electrons. The van der Waals surface area contributed by atoms with Crippen LogP contribution in [0.25, 0.3) is 0 Å². The van der Waals surface area contributed by atoms with Crippen molar-refractivity contribution in [2.24, 2.45) is 0 Å². The van der Waals surface area contributed by atoms with E-state index < -0.39 is 16.4 Å². The van der Waals surface area contributed by atoms with Crippen LogP contribution in [0.5, 0.6) is 0 Å². The maximum atomic E-state index is 12.3. The van der Waals surface area contributed by atoms with Crippen LogP contribution >= 0.6 is 11.3 Å². The van der Waals surface area contributed by atoms with Crippen LogP contribution < -0.4 is 0 Å². The van der Waals surface area contributed by atoms with Crippen molar-refractivity contribution in [3.8, 4) is 0 Å². The van der Waals surface area contributed by atoms with E-state index in [0.29, 0.717) is 17.4 Å². The molecule has 1 unspecified atom stereocenters. The van der Waals surface area contributed by atoms with Gasteiger partial charge in [0, 0.05) is 29.9 Å². The Morgan fingerprint density at radius 2 is 2.10 bits per heavy atom. The Morgan fingerprint density at radius 3 is 2.60 bits per heavy atom. The van der Waals surface area contributed by atoms with E-state index in [1.165, 1.54) is 11.3 Å². The highest BCUT2D eigenvalue weighted by Crippen LogP contribution is 2.23. The summed E-state index contributed by atoms with van der Waals surface area (Å²) in [6.07, 6.45) is 2.85. The molecule has 112 valence electrons. The summed E-state index contributed by atoms with van der Waals surface area (Å²) >= 11 is 1.42. The lowest BCUT2D eigenvalue weighted by atomic mass is 10.1. The van der Waals surface area contributed by atoms with Gasteiger partial charge in [0.05, 0.1) is 10.8 Å². The third kappa shape index (κ3) is 4.02. The normalized spacial score (nSPS) is 18.9. The molecule has 2 rings (SSSR count). The highest BCUT2D eigenvalue weighted by Gasteiger charge is 2.30. The van der Waals surface area contributed by atoms with Gasteiger partial charge in [-0.25, -0.2) is 9.78 Å². The van der Waals surface area contributed by atoms with Crippen LogP contribution in [0.2, 0.25) is 0 Å². The number of thiazole rings is 1. The summed E-state index contributed by atoms with van der Waals surface area (Å²) in [7, 11) is -1.06. The topological polar surface area (TPSA) is 59.5 Å². The van der Waals surface area contributed by atoms with Crippen LogP contribution in [0.15, 0.2) is 15.9 Å². The Hall–Kier alpha value is -0.950. The number of aromatic nitrogens is 1. The van der Waals surface area contributed by atoms with Gasteiger partial charge in [-0.1, -0.05) is 0 Å². The quantitative estimate of drug-likeness (QED) is 0.841. The number of amides is 1. The van der Waals surface area contributed by atoms with E-state index >= 15 is 0 Å². The third-order valence-electron chi connectivity index (χ3n) is 2.98. The molecule has 0 N–H and O–H groups in total. The molecular weight excluding hydrogens is 296 g/mol. The number of piperidine rings is 1. The number of likely N-dealkylation sites (tertiary alicyclic amines) is 1. The molecule has 1 aromatic rings. The molecule has 5 nitrogen and oxygen atoms in total. The van der Waals surface area contributed by atoms with Gasteiger partial charge in [0.15, 0.2) is 4.34 Å². The van der Waals surface area contributed by atoms with Crippen LogP contribution in [-0.4, -0.2) is 44.1 Å². The first-order valence-corrected chi connectivity index (χ1v) is 8.74. The predicted octanol–water partition coefficient (Wildman–Crippen LogP) is 2.65. The van der Waals surface area contributed by atoms with Crippen molar-refractivity contribution in [3.63, 3.8) is 0 Å². The molecule has 1 saturated heterocycles. The van der Waals surface area contributed by atoms with E-state index in [-0.39, 0.29) is 11.3 Å². The zero-order valence-electron chi connectivity index (χ0n) is 12.0. The van der Waals surface area contributed by atoms with Crippen LogP contribution in [0, 0.1) is 0 Å². The molecule has 1 atom stereocenters. The Labute approximate surface area is 125 Å². The predicted molar refractivity (Wildman–Crippen MR) is 79.4 cm³/mol. The Balaban J connectivity index is 1.86. The van der Waals surface area contributed by atoms with Crippen LogP contribution in [0.1, 0.15) is 33.6 Å². The van der Waals surface area contributed by atoms with Gasteiger partial charge in [0.2, 0.25) is 0 Å². The third-order valence-corrected chi connectivity index (χ3v) is 5.85. The summed E-state index contributed by atoms with van der Waals surface area (Å²) in [5.74, 6) is 0. The maximum absolute atomic E-state index is 12.3. The second-order valence-electron chi connectivity index (χ2n) is 5.76. The number of carbonyl (C=O) groups excluding carboxylic acids is 1. The van der Waals surface area contributed by atoms with E-state index in [1.54, 1.807) is 11.1 Å². The molecule has 1 fully saturated rings. The minimum absolute atomic E-state index is 0.0832. The number of rotatable bonds is 2. The first-order chi connectivity index (χ1) is 9.37.